The minimum Gasteiger partial charge on any atom is -0.308 e. The smallest absolute Gasteiger partial charge is 0.185 e. The van der Waals surface area contributed by atoms with E-state index >= 15 is 0 Å². The van der Waals surface area contributed by atoms with E-state index in [4.69, 9.17) is 11.6 Å². The minimum atomic E-state index is 0.123. The molecule has 1 saturated carbocycles. The number of carbonyl (C=O) groups excluding carboxylic acids is 1. The van der Waals surface area contributed by atoms with Gasteiger partial charge in [0.05, 0.1) is 17.8 Å². The van der Waals surface area contributed by atoms with Crippen LogP contribution in [0.15, 0.2) is 6.20 Å². The fourth-order valence-corrected chi connectivity index (χ4v) is 3.22. The summed E-state index contributed by atoms with van der Waals surface area (Å²) >= 11 is 6.23. The number of carbonyl (C=O) groups is 1. The summed E-state index contributed by atoms with van der Waals surface area (Å²) in [6.45, 7) is 1.55. The van der Waals surface area contributed by atoms with Crippen molar-refractivity contribution in [2.45, 2.75) is 51.5 Å². The van der Waals surface area contributed by atoms with Crippen molar-refractivity contribution >= 4 is 17.4 Å². The molecule has 2 rings (SSSR count). The van der Waals surface area contributed by atoms with Crippen LogP contribution in [0, 0.1) is 5.92 Å². The Hall–Kier alpha value is -0.870. The van der Waals surface area contributed by atoms with E-state index in [9.17, 15) is 4.79 Å². The number of ketones is 1. The molecule has 1 aliphatic rings. The Balaban J connectivity index is 2.11. The van der Waals surface area contributed by atoms with E-state index in [0.29, 0.717) is 17.3 Å². The normalized spacial score (nSPS) is 17.7. The van der Waals surface area contributed by atoms with Crippen LogP contribution in [0.4, 0.5) is 0 Å². The number of hydrogen-bond donors (Lipinski definition) is 0. The van der Waals surface area contributed by atoms with Crippen LogP contribution in [-0.4, -0.2) is 41.1 Å². The summed E-state index contributed by atoms with van der Waals surface area (Å²) in [5, 5.41) is 4.78. The van der Waals surface area contributed by atoms with Crippen molar-refractivity contribution in [3.63, 3.8) is 0 Å². The van der Waals surface area contributed by atoms with E-state index < -0.39 is 0 Å². The molecule has 1 aromatic rings. The topological polar surface area (TPSA) is 38.1 Å². The van der Waals surface area contributed by atoms with Crippen molar-refractivity contribution < 1.29 is 4.79 Å². The molecule has 0 saturated heterocycles. The first kappa shape index (κ1) is 16.5. The summed E-state index contributed by atoms with van der Waals surface area (Å²) in [7, 11) is 4.03. The zero-order valence-corrected chi connectivity index (χ0v) is 13.9. The van der Waals surface area contributed by atoms with Crippen LogP contribution < -0.4 is 0 Å². The van der Waals surface area contributed by atoms with Crippen molar-refractivity contribution in [3.05, 3.63) is 16.9 Å². The van der Waals surface area contributed by atoms with Gasteiger partial charge in [0.2, 0.25) is 0 Å². The molecular weight excluding hydrogens is 286 g/mol. The Morgan fingerprint density at radius 2 is 1.90 bits per heavy atom. The van der Waals surface area contributed by atoms with Crippen LogP contribution >= 0.6 is 11.6 Å². The highest BCUT2D eigenvalue weighted by molar-refractivity contribution is 6.33. The van der Waals surface area contributed by atoms with Gasteiger partial charge in [0.15, 0.2) is 5.78 Å². The fourth-order valence-electron chi connectivity index (χ4n) is 2.98. The minimum absolute atomic E-state index is 0.123. The molecule has 0 bridgehead atoms. The van der Waals surface area contributed by atoms with Gasteiger partial charge in [0.25, 0.3) is 0 Å². The average Bonchev–Trinajstić information content (AvgIpc) is 2.76. The maximum Gasteiger partial charge on any atom is 0.185 e. The fraction of sp³-hybridized carbons (Fsp3) is 0.750. The summed E-state index contributed by atoms with van der Waals surface area (Å²) in [5.74, 6) is 0.316. The predicted molar refractivity (Wildman–Crippen MR) is 85.9 cm³/mol. The van der Waals surface area contributed by atoms with Crippen LogP contribution in [0.3, 0.4) is 0 Å². The third kappa shape index (κ3) is 4.55. The molecule has 118 valence electrons. The van der Waals surface area contributed by atoms with Crippen LogP contribution in [0.2, 0.25) is 5.02 Å². The SMILES string of the molecule is CN(C)CCn1ncc(Cl)c1C(=O)C1CCCCCCC1. The lowest BCUT2D eigenvalue weighted by Gasteiger charge is -2.19. The zero-order valence-electron chi connectivity index (χ0n) is 13.1. The second-order valence-electron chi connectivity index (χ2n) is 6.27. The van der Waals surface area contributed by atoms with E-state index in [-0.39, 0.29) is 11.7 Å². The molecule has 1 aliphatic carbocycles. The first-order chi connectivity index (χ1) is 10.1. The predicted octanol–water partition coefficient (Wildman–Crippen LogP) is 3.64. The third-order valence-electron chi connectivity index (χ3n) is 4.26. The lowest BCUT2D eigenvalue weighted by molar-refractivity contribution is 0.0886. The standard InChI is InChI=1S/C16H26ClN3O/c1-19(2)10-11-20-15(14(17)12-18-20)16(21)13-8-6-4-3-5-7-9-13/h12-13H,3-11H2,1-2H3. The highest BCUT2D eigenvalue weighted by Crippen LogP contribution is 2.28. The van der Waals surface area contributed by atoms with Gasteiger partial charge in [-0.2, -0.15) is 5.10 Å². The van der Waals surface area contributed by atoms with Crippen molar-refractivity contribution in [1.82, 2.24) is 14.7 Å². The van der Waals surface area contributed by atoms with Gasteiger partial charge < -0.3 is 4.90 Å². The van der Waals surface area contributed by atoms with Gasteiger partial charge in [0.1, 0.15) is 5.69 Å². The highest BCUT2D eigenvalue weighted by atomic mass is 35.5. The summed E-state index contributed by atoms with van der Waals surface area (Å²) in [5.41, 5.74) is 0.615. The van der Waals surface area contributed by atoms with E-state index in [2.05, 4.69) is 10.00 Å². The van der Waals surface area contributed by atoms with Crippen molar-refractivity contribution in [1.29, 1.82) is 0 Å². The first-order valence-electron chi connectivity index (χ1n) is 8.00. The van der Waals surface area contributed by atoms with Crippen molar-refractivity contribution in [3.8, 4) is 0 Å². The van der Waals surface area contributed by atoms with Crippen LogP contribution in [-0.2, 0) is 6.54 Å². The molecule has 0 aromatic carbocycles. The molecule has 0 N–H and O–H groups in total. The molecule has 0 spiro atoms. The second-order valence-corrected chi connectivity index (χ2v) is 6.68. The molecule has 5 heteroatoms. The van der Waals surface area contributed by atoms with Crippen LogP contribution in [0.5, 0.6) is 0 Å². The van der Waals surface area contributed by atoms with Gasteiger partial charge in [-0.05, 0) is 26.9 Å². The average molecular weight is 312 g/mol. The quantitative estimate of drug-likeness (QED) is 0.779. The van der Waals surface area contributed by atoms with Gasteiger partial charge in [-0.1, -0.05) is 43.7 Å². The van der Waals surface area contributed by atoms with E-state index in [0.717, 1.165) is 32.2 Å². The Morgan fingerprint density at radius 1 is 1.29 bits per heavy atom. The van der Waals surface area contributed by atoms with Gasteiger partial charge in [-0.3, -0.25) is 9.48 Å². The lowest BCUT2D eigenvalue weighted by atomic mass is 9.87. The Labute approximate surface area is 132 Å². The molecule has 0 unspecified atom stereocenters. The molecule has 21 heavy (non-hydrogen) atoms. The molecule has 4 nitrogen and oxygen atoms in total. The molecule has 0 aliphatic heterocycles. The van der Waals surface area contributed by atoms with Crippen molar-refractivity contribution in [2.24, 2.45) is 5.92 Å². The second kappa shape index (κ2) is 7.95. The third-order valence-corrected chi connectivity index (χ3v) is 4.54. The monoisotopic (exact) mass is 311 g/mol. The van der Waals surface area contributed by atoms with E-state index in [1.54, 1.807) is 10.9 Å². The summed E-state index contributed by atoms with van der Waals surface area (Å²) in [6.07, 6.45) is 9.70. The summed E-state index contributed by atoms with van der Waals surface area (Å²) < 4.78 is 1.78. The Bertz CT molecular complexity index is 462. The molecular formula is C16H26ClN3O. The lowest BCUT2D eigenvalue weighted by Crippen LogP contribution is -2.24. The van der Waals surface area contributed by atoms with Crippen LogP contribution in [0.25, 0.3) is 0 Å². The molecule has 1 aromatic heterocycles. The van der Waals surface area contributed by atoms with Gasteiger partial charge in [-0.25, -0.2) is 0 Å². The van der Waals surface area contributed by atoms with Gasteiger partial charge >= 0.3 is 0 Å². The zero-order chi connectivity index (χ0) is 15.2. The molecule has 0 radical (unpaired) electrons. The maximum absolute atomic E-state index is 12.9. The number of rotatable bonds is 5. The maximum atomic E-state index is 12.9. The molecule has 1 fully saturated rings. The number of halogens is 1. The Kier molecular flexibility index (Phi) is 6.24. The number of nitrogens with zero attached hydrogens (tertiary/aromatic N) is 3. The Morgan fingerprint density at radius 3 is 2.52 bits per heavy atom. The summed E-state index contributed by atoms with van der Waals surface area (Å²) in [4.78, 5) is 14.9. The number of Topliss-reactive ketones (excluding diaryl/α,β-unsaturated/α-hetero) is 1. The van der Waals surface area contributed by atoms with Crippen molar-refractivity contribution in [2.75, 3.05) is 20.6 Å². The van der Waals surface area contributed by atoms with Gasteiger partial charge in [-0.15, -0.1) is 0 Å². The number of hydrogen-bond acceptors (Lipinski definition) is 3. The first-order valence-corrected chi connectivity index (χ1v) is 8.37. The molecule has 0 atom stereocenters. The molecule has 0 amide bonds. The highest BCUT2D eigenvalue weighted by Gasteiger charge is 2.26. The molecule has 1 heterocycles. The van der Waals surface area contributed by atoms with E-state index in [1.807, 2.05) is 14.1 Å². The number of likely N-dealkylation sites (N-methyl/N-ethyl adjacent to an activating group) is 1. The van der Waals surface area contributed by atoms with Crippen LogP contribution in [0.1, 0.15) is 55.4 Å². The van der Waals surface area contributed by atoms with E-state index in [1.165, 1.54) is 19.3 Å². The van der Waals surface area contributed by atoms with Gasteiger partial charge in [0, 0.05) is 12.5 Å². The largest absolute Gasteiger partial charge is 0.308 e. The number of aromatic nitrogens is 2. The summed E-state index contributed by atoms with van der Waals surface area (Å²) in [6, 6.07) is 0.